The highest BCUT2D eigenvalue weighted by Crippen LogP contribution is 2.09. The highest BCUT2D eigenvalue weighted by molar-refractivity contribution is 6.12. The Morgan fingerprint density at radius 2 is 2.00 bits per heavy atom. The molecule has 2 atom stereocenters. The van der Waals surface area contributed by atoms with Gasteiger partial charge in [-0.05, 0) is 6.92 Å². The summed E-state index contributed by atoms with van der Waals surface area (Å²) in [6.07, 6.45) is 0. The number of ketones is 1. The lowest BCUT2D eigenvalue weighted by Gasteiger charge is -2.15. The molecule has 0 aliphatic carbocycles. The molecule has 0 radical (unpaired) electrons. The molecule has 100 valence electrons. The molecule has 0 aliphatic heterocycles. The summed E-state index contributed by atoms with van der Waals surface area (Å²) in [7, 11) is 1.51. The van der Waals surface area contributed by atoms with Crippen molar-refractivity contribution in [1.29, 1.82) is 5.26 Å². The summed E-state index contributed by atoms with van der Waals surface area (Å²) in [4.78, 5) is 23.9. The van der Waals surface area contributed by atoms with E-state index in [1.165, 1.54) is 7.11 Å². The van der Waals surface area contributed by atoms with Gasteiger partial charge in [0, 0.05) is 18.7 Å². The van der Waals surface area contributed by atoms with E-state index in [-0.39, 0.29) is 6.04 Å². The van der Waals surface area contributed by atoms with Gasteiger partial charge in [0.1, 0.15) is 0 Å². The minimum atomic E-state index is -1.33. The van der Waals surface area contributed by atoms with Crippen molar-refractivity contribution in [3.05, 3.63) is 35.9 Å². The summed E-state index contributed by atoms with van der Waals surface area (Å²) in [6.45, 7) is 2.06. The van der Waals surface area contributed by atoms with Crippen molar-refractivity contribution < 1.29 is 14.3 Å². The quantitative estimate of drug-likeness (QED) is 0.615. The van der Waals surface area contributed by atoms with E-state index >= 15 is 0 Å². The topological polar surface area (TPSA) is 79.2 Å². The minimum Gasteiger partial charge on any atom is -0.383 e. The lowest BCUT2D eigenvalue weighted by Crippen LogP contribution is -2.41. The molecule has 0 fully saturated rings. The number of hydrogen-bond donors (Lipinski definition) is 1. The molecule has 1 aromatic carbocycles. The van der Waals surface area contributed by atoms with Crippen molar-refractivity contribution in [1.82, 2.24) is 5.32 Å². The van der Waals surface area contributed by atoms with E-state index in [4.69, 9.17) is 10.00 Å². The second-order valence-corrected chi connectivity index (χ2v) is 4.16. The summed E-state index contributed by atoms with van der Waals surface area (Å²) in [5, 5.41) is 11.6. The van der Waals surface area contributed by atoms with Crippen LogP contribution in [0.3, 0.4) is 0 Å². The van der Waals surface area contributed by atoms with Gasteiger partial charge in [-0.1, -0.05) is 30.3 Å². The Bertz CT molecular complexity index is 479. The van der Waals surface area contributed by atoms with E-state index in [0.29, 0.717) is 12.2 Å². The Morgan fingerprint density at radius 1 is 1.37 bits per heavy atom. The van der Waals surface area contributed by atoms with Crippen LogP contribution >= 0.6 is 0 Å². The summed E-state index contributed by atoms with van der Waals surface area (Å²) in [5.74, 6) is -2.42. The second kappa shape index (κ2) is 7.29. The molecule has 1 N–H and O–H groups in total. The van der Waals surface area contributed by atoms with E-state index in [9.17, 15) is 9.59 Å². The maximum Gasteiger partial charge on any atom is 0.245 e. The smallest absolute Gasteiger partial charge is 0.245 e. The van der Waals surface area contributed by atoms with Gasteiger partial charge in [0.05, 0.1) is 12.7 Å². The molecule has 19 heavy (non-hydrogen) atoms. The Labute approximate surface area is 112 Å². The monoisotopic (exact) mass is 260 g/mol. The Kier molecular flexibility index (Phi) is 5.71. The Balaban J connectivity index is 2.76. The van der Waals surface area contributed by atoms with Gasteiger partial charge in [-0.3, -0.25) is 9.59 Å². The number of nitrogens with one attached hydrogen (secondary N) is 1. The summed E-state index contributed by atoms with van der Waals surface area (Å²) in [5.41, 5.74) is 0.351. The molecule has 1 aromatic rings. The molecule has 0 heterocycles. The molecule has 0 spiro atoms. The molecule has 0 unspecified atom stereocenters. The number of carbonyl (C=O) groups excluding carboxylic acids is 2. The third-order valence-corrected chi connectivity index (χ3v) is 2.52. The zero-order valence-electron chi connectivity index (χ0n) is 10.9. The van der Waals surface area contributed by atoms with Gasteiger partial charge in [0.25, 0.3) is 0 Å². The van der Waals surface area contributed by atoms with Gasteiger partial charge in [-0.2, -0.15) is 5.26 Å². The van der Waals surface area contributed by atoms with Gasteiger partial charge in [0.15, 0.2) is 11.7 Å². The fraction of sp³-hybridized carbons (Fsp3) is 0.357. The average molecular weight is 260 g/mol. The molecular formula is C14H16N2O3. The van der Waals surface area contributed by atoms with Crippen LogP contribution in [0.15, 0.2) is 30.3 Å². The van der Waals surface area contributed by atoms with Crippen LogP contribution in [0, 0.1) is 17.2 Å². The largest absolute Gasteiger partial charge is 0.383 e. The van der Waals surface area contributed by atoms with E-state index in [1.54, 1.807) is 43.3 Å². The number of Topliss-reactive ketones (excluding diaryl/α,β-unsaturated/α-hetero) is 1. The fourth-order valence-corrected chi connectivity index (χ4v) is 1.62. The first-order valence-electron chi connectivity index (χ1n) is 5.88. The van der Waals surface area contributed by atoms with Gasteiger partial charge in [-0.25, -0.2) is 0 Å². The zero-order chi connectivity index (χ0) is 14.3. The molecule has 5 heteroatoms. The Hall–Kier alpha value is -2.19. The fourth-order valence-electron chi connectivity index (χ4n) is 1.62. The predicted molar refractivity (Wildman–Crippen MR) is 69.4 cm³/mol. The van der Waals surface area contributed by atoms with Crippen molar-refractivity contribution in [2.75, 3.05) is 13.7 Å². The maximum absolute atomic E-state index is 12.0. The number of nitrogens with zero attached hydrogens (tertiary/aromatic N) is 1. The summed E-state index contributed by atoms with van der Waals surface area (Å²) < 4.78 is 4.88. The van der Waals surface area contributed by atoms with Gasteiger partial charge >= 0.3 is 0 Å². The molecular weight excluding hydrogens is 244 g/mol. The first-order chi connectivity index (χ1) is 9.10. The van der Waals surface area contributed by atoms with Crippen molar-refractivity contribution >= 4 is 11.7 Å². The number of methoxy groups -OCH3 is 1. The van der Waals surface area contributed by atoms with E-state index in [2.05, 4.69) is 5.32 Å². The molecule has 5 nitrogen and oxygen atoms in total. The van der Waals surface area contributed by atoms with Crippen molar-refractivity contribution in [2.24, 2.45) is 5.92 Å². The molecule has 0 saturated heterocycles. The highest BCUT2D eigenvalue weighted by atomic mass is 16.5. The van der Waals surface area contributed by atoms with Crippen LogP contribution in [0.2, 0.25) is 0 Å². The average Bonchev–Trinajstić information content (AvgIpc) is 2.40. The number of benzene rings is 1. The van der Waals surface area contributed by atoms with Crippen LogP contribution in [0.5, 0.6) is 0 Å². The lowest BCUT2D eigenvalue weighted by molar-refractivity contribution is -0.123. The molecule has 0 saturated carbocycles. The first-order valence-corrected chi connectivity index (χ1v) is 5.88. The number of rotatable bonds is 6. The van der Waals surface area contributed by atoms with Crippen LogP contribution < -0.4 is 5.32 Å². The minimum absolute atomic E-state index is 0.253. The molecule has 1 rings (SSSR count). The first kappa shape index (κ1) is 14.9. The molecule has 0 bridgehead atoms. The van der Waals surface area contributed by atoms with Crippen LogP contribution in [0.4, 0.5) is 0 Å². The number of hydrogen-bond acceptors (Lipinski definition) is 4. The summed E-state index contributed by atoms with van der Waals surface area (Å²) >= 11 is 0. The van der Waals surface area contributed by atoms with E-state index in [0.717, 1.165) is 0 Å². The highest BCUT2D eigenvalue weighted by Gasteiger charge is 2.28. The number of nitriles is 1. The van der Waals surface area contributed by atoms with E-state index < -0.39 is 17.6 Å². The lowest BCUT2D eigenvalue weighted by atomic mass is 9.98. The van der Waals surface area contributed by atoms with Gasteiger partial charge in [0.2, 0.25) is 5.91 Å². The van der Waals surface area contributed by atoms with Crippen molar-refractivity contribution in [3.63, 3.8) is 0 Å². The molecule has 0 aliphatic rings. The third-order valence-electron chi connectivity index (χ3n) is 2.52. The number of amides is 1. The predicted octanol–water partition coefficient (Wildman–Crippen LogP) is 1.16. The van der Waals surface area contributed by atoms with Crippen LogP contribution in [0.1, 0.15) is 17.3 Å². The molecule has 1 amide bonds. The van der Waals surface area contributed by atoms with Crippen LogP contribution in [-0.4, -0.2) is 31.4 Å². The van der Waals surface area contributed by atoms with E-state index in [1.807, 2.05) is 0 Å². The standard InChI is InChI=1S/C14H16N2O3/c1-10(9-19-2)16-14(18)12(8-15)13(17)11-6-4-3-5-7-11/h3-7,10,12H,9H2,1-2H3,(H,16,18)/t10-,12-/m1/s1. The van der Waals surface area contributed by atoms with Crippen LogP contribution in [-0.2, 0) is 9.53 Å². The van der Waals surface area contributed by atoms with Gasteiger partial charge in [-0.15, -0.1) is 0 Å². The Morgan fingerprint density at radius 3 is 2.53 bits per heavy atom. The van der Waals surface area contributed by atoms with Gasteiger partial charge < -0.3 is 10.1 Å². The SMILES string of the molecule is COC[C@@H](C)NC(=O)[C@H](C#N)C(=O)c1ccccc1. The number of ether oxygens (including phenoxy) is 1. The normalized spacial score (nSPS) is 13.1. The van der Waals surface area contributed by atoms with Crippen molar-refractivity contribution in [3.8, 4) is 6.07 Å². The van der Waals surface area contributed by atoms with Crippen molar-refractivity contribution in [2.45, 2.75) is 13.0 Å². The number of carbonyl (C=O) groups is 2. The zero-order valence-corrected chi connectivity index (χ0v) is 10.9. The third kappa shape index (κ3) is 4.19. The summed E-state index contributed by atoms with van der Waals surface area (Å²) in [6, 6.07) is 9.79. The van der Waals surface area contributed by atoms with Crippen LogP contribution in [0.25, 0.3) is 0 Å². The molecule has 0 aromatic heterocycles. The second-order valence-electron chi connectivity index (χ2n) is 4.16. The maximum atomic E-state index is 12.0.